The Bertz CT molecular complexity index is 719. The lowest BCUT2D eigenvalue weighted by Crippen LogP contribution is -2.58. The van der Waals surface area contributed by atoms with Gasteiger partial charge in [0.15, 0.2) is 0 Å². The van der Waals surface area contributed by atoms with Gasteiger partial charge in [-0.1, -0.05) is 38.2 Å². The number of carbonyl (C=O) groups is 1. The first-order valence-corrected chi connectivity index (χ1v) is 10.2. The fourth-order valence-electron chi connectivity index (χ4n) is 3.73. The van der Waals surface area contributed by atoms with E-state index in [-0.39, 0.29) is 11.3 Å². The van der Waals surface area contributed by atoms with E-state index in [2.05, 4.69) is 41.8 Å². The molecular formula is C24H36N4O. The number of aliphatic imine (C=N–C) groups is 3. The summed E-state index contributed by atoms with van der Waals surface area (Å²) >= 11 is 0. The molecule has 0 unspecified atom stereocenters. The molecule has 1 aliphatic rings. The first-order chi connectivity index (χ1) is 13.8. The quantitative estimate of drug-likeness (QED) is 0.255. The first kappa shape index (κ1) is 24.5. The van der Waals surface area contributed by atoms with E-state index in [9.17, 15) is 4.79 Å². The number of likely N-dealkylation sites (tertiary alicyclic amines) is 1. The second-order valence-corrected chi connectivity index (χ2v) is 8.01. The van der Waals surface area contributed by atoms with Crippen LogP contribution in [0.1, 0.15) is 53.4 Å². The minimum Gasteiger partial charge on any atom is -0.337 e. The fraction of sp³-hybridized carbons (Fsp3) is 0.500. The molecule has 0 aliphatic carbocycles. The predicted molar refractivity (Wildman–Crippen MR) is 126 cm³/mol. The van der Waals surface area contributed by atoms with Gasteiger partial charge >= 0.3 is 0 Å². The van der Waals surface area contributed by atoms with Crippen molar-refractivity contribution in [2.45, 2.75) is 58.9 Å². The van der Waals surface area contributed by atoms with E-state index in [4.69, 9.17) is 0 Å². The molecule has 1 amide bonds. The number of rotatable bonds is 12. The third-order valence-corrected chi connectivity index (χ3v) is 5.22. The van der Waals surface area contributed by atoms with Gasteiger partial charge in [-0.25, -0.2) is 0 Å². The molecule has 0 spiro atoms. The third kappa shape index (κ3) is 6.77. The number of amides is 1. The van der Waals surface area contributed by atoms with Crippen molar-refractivity contribution in [1.82, 2.24) is 4.90 Å². The molecule has 0 saturated carbocycles. The molecule has 0 aromatic carbocycles. The molecule has 0 aromatic rings. The van der Waals surface area contributed by atoms with E-state index in [1.807, 2.05) is 37.8 Å². The molecule has 158 valence electrons. The van der Waals surface area contributed by atoms with E-state index in [1.165, 1.54) is 6.20 Å². The lowest BCUT2D eigenvalue weighted by molar-refractivity contribution is -0.139. The Morgan fingerprint density at radius 3 is 2.45 bits per heavy atom. The first-order valence-electron chi connectivity index (χ1n) is 10.2. The highest BCUT2D eigenvalue weighted by Crippen LogP contribution is 2.40. The van der Waals surface area contributed by atoms with Gasteiger partial charge in [-0.15, -0.1) is 6.58 Å². The van der Waals surface area contributed by atoms with Crippen LogP contribution in [0.25, 0.3) is 0 Å². The van der Waals surface area contributed by atoms with Crippen molar-refractivity contribution in [1.29, 1.82) is 0 Å². The van der Waals surface area contributed by atoms with Crippen molar-refractivity contribution in [2.24, 2.45) is 20.4 Å². The smallest absolute Gasteiger partial charge is 0.257 e. The Labute approximate surface area is 176 Å². The highest BCUT2D eigenvalue weighted by molar-refractivity contribution is 6.12. The molecule has 0 N–H and O–H groups in total. The van der Waals surface area contributed by atoms with Crippen molar-refractivity contribution in [3.05, 3.63) is 48.9 Å². The number of hydrogen-bond donors (Lipinski definition) is 0. The molecule has 5 nitrogen and oxygen atoms in total. The van der Waals surface area contributed by atoms with Gasteiger partial charge in [0.05, 0.1) is 16.8 Å². The predicted octanol–water partition coefficient (Wildman–Crippen LogP) is 5.18. The van der Waals surface area contributed by atoms with Gasteiger partial charge in [-0.3, -0.25) is 19.8 Å². The van der Waals surface area contributed by atoms with E-state index in [0.29, 0.717) is 5.57 Å². The van der Waals surface area contributed by atoms with Crippen LogP contribution in [0.2, 0.25) is 0 Å². The molecule has 0 atom stereocenters. The van der Waals surface area contributed by atoms with Gasteiger partial charge in [0.25, 0.3) is 5.91 Å². The van der Waals surface area contributed by atoms with Crippen LogP contribution >= 0.6 is 0 Å². The summed E-state index contributed by atoms with van der Waals surface area (Å²) in [5.41, 5.74) is 0.853. The van der Waals surface area contributed by atoms with E-state index < -0.39 is 5.54 Å². The molecule has 1 fully saturated rings. The van der Waals surface area contributed by atoms with Crippen molar-refractivity contribution < 1.29 is 4.79 Å². The highest BCUT2D eigenvalue weighted by atomic mass is 16.2. The van der Waals surface area contributed by atoms with Crippen LogP contribution in [0.4, 0.5) is 0 Å². The number of hydrogen-bond acceptors (Lipinski definition) is 4. The summed E-state index contributed by atoms with van der Waals surface area (Å²) in [4.78, 5) is 27.7. The van der Waals surface area contributed by atoms with Crippen LogP contribution in [0.5, 0.6) is 0 Å². The molecule has 29 heavy (non-hydrogen) atoms. The standard InChI is InChI=1S/C24H36N4O/c1-8-12-14-24(13-9-2)18-28(19-24)22(29)20(16-25-7)17-27-23(5,6)21(11-4)26-15-10-3/h8,10-11,15-17H,1,3,7,9,12-14,18-19H2,2,4-6H3/b20-16+,21-11-,26-15-,27-17-. The van der Waals surface area contributed by atoms with E-state index in [1.54, 1.807) is 18.5 Å². The van der Waals surface area contributed by atoms with Crippen molar-refractivity contribution in [3.8, 4) is 0 Å². The Hall–Kier alpha value is -2.56. The van der Waals surface area contributed by atoms with Crippen LogP contribution in [0, 0.1) is 5.41 Å². The Balaban J connectivity index is 2.94. The fourth-order valence-corrected chi connectivity index (χ4v) is 3.73. The van der Waals surface area contributed by atoms with Gasteiger partial charge in [-0.2, -0.15) is 0 Å². The maximum Gasteiger partial charge on any atom is 0.257 e. The average Bonchev–Trinajstić information content (AvgIpc) is 2.66. The lowest BCUT2D eigenvalue weighted by Gasteiger charge is -2.50. The Morgan fingerprint density at radius 2 is 1.93 bits per heavy atom. The zero-order chi connectivity index (χ0) is 21.9. The van der Waals surface area contributed by atoms with Crippen LogP contribution < -0.4 is 0 Å². The van der Waals surface area contributed by atoms with Crippen molar-refractivity contribution in [2.75, 3.05) is 13.1 Å². The van der Waals surface area contributed by atoms with Crippen molar-refractivity contribution >= 4 is 25.1 Å². The summed E-state index contributed by atoms with van der Waals surface area (Å²) in [7, 11) is 0. The van der Waals surface area contributed by atoms with E-state index in [0.717, 1.165) is 44.5 Å². The van der Waals surface area contributed by atoms with Gasteiger partial charge in [-0.05, 0) is 46.8 Å². The molecule has 0 radical (unpaired) electrons. The Morgan fingerprint density at radius 1 is 1.24 bits per heavy atom. The summed E-state index contributed by atoms with van der Waals surface area (Å²) in [6.45, 7) is 20.5. The summed E-state index contributed by atoms with van der Waals surface area (Å²) < 4.78 is 0. The van der Waals surface area contributed by atoms with E-state index >= 15 is 0 Å². The maximum absolute atomic E-state index is 13.0. The van der Waals surface area contributed by atoms with Gasteiger partial charge in [0, 0.05) is 37.1 Å². The topological polar surface area (TPSA) is 57.4 Å². The SMILES string of the molecule is C=C/C=N\C(=C/C)C(C)(C)/N=C\C(=C/N=C)C(=O)N1CC(CCC)(CCC=C)C1. The monoisotopic (exact) mass is 396 g/mol. The van der Waals surface area contributed by atoms with Gasteiger partial charge in [0.2, 0.25) is 0 Å². The molecule has 1 aliphatic heterocycles. The second-order valence-electron chi connectivity index (χ2n) is 8.01. The normalized spacial score (nSPS) is 17.4. The zero-order valence-corrected chi connectivity index (χ0v) is 18.5. The summed E-state index contributed by atoms with van der Waals surface area (Å²) in [5, 5.41) is 0. The van der Waals surface area contributed by atoms with Gasteiger partial charge < -0.3 is 4.90 Å². The largest absolute Gasteiger partial charge is 0.337 e. The minimum absolute atomic E-state index is 0.0566. The molecule has 0 bridgehead atoms. The molecule has 1 heterocycles. The summed E-state index contributed by atoms with van der Waals surface area (Å²) in [6.07, 6.45) is 14.5. The molecule has 5 heteroatoms. The minimum atomic E-state index is -0.584. The lowest BCUT2D eigenvalue weighted by atomic mass is 9.72. The zero-order valence-electron chi connectivity index (χ0n) is 18.5. The van der Waals surface area contributed by atoms with Crippen LogP contribution in [-0.2, 0) is 4.79 Å². The second kappa shape index (κ2) is 11.4. The highest BCUT2D eigenvalue weighted by Gasteiger charge is 2.44. The molecular weight excluding hydrogens is 360 g/mol. The third-order valence-electron chi connectivity index (χ3n) is 5.22. The maximum atomic E-state index is 13.0. The van der Waals surface area contributed by atoms with Crippen LogP contribution in [-0.4, -0.2) is 48.6 Å². The van der Waals surface area contributed by atoms with Crippen molar-refractivity contribution in [3.63, 3.8) is 0 Å². The van der Waals surface area contributed by atoms with Gasteiger partial charge in [0.1, 0.15) is 0 Å². The Kier molecular flexibility index (Phi) is 9.66. The number of allylic oxidation sites excluding steroid dienone is 3. The molecule has 1 rings (SSSR count). The van der Waals surface area contributed by atoms with Crippen LogP contribution in [0.15, 0.2) is 63.8 Å². The summed E-state index contributed by atoms with van der Waals surface area (Å²) in [5.74, 6) is -0.0566. The number of nitrogens with zero attached hydrogens (tertiary/aromatic N) is 4. The number of carbonyl (C=O) groups excluding carboxylic acids is 1. The average molecular weight is 397 g/mol. The molecule has 0 aromatic heterocycles. The van der Waals surface area contributed by atoms with Crippen LogP contribution in [0.3, 0.4) is 0 Å². The summed E-state index contributed by atoms with van der Waals surface area (Å²) in [6, 6.07) is 0. The molecule has 1 saturated heterocycles.